The Morgan fingerprint density at radius 1 is 1.25 bits per heavy atom. The number of ether oxygens (including phenoxy) is 1. The average molecular weight is 237 g/mol. The Hall–Kier alpha value is -0.510. The summed E-state index contributed by atoms with van der Waals surface area (Å²) in [6, 6.07) is 9.42. The third-order valence-electron chi connectivity index (χ3n) is 2.98. The predicted molar refractivity (Wildman–Crippen MR) is 68.9 cm³/mol. The van der Waals surface area contributed by atoms with Gasteiger partial charge < -0.3 is 10.1 Å². The topological polar surface area (TPSA) is 21.3 Å². The zero-order valence-electron chi connectivity index (χ0n) is 9.74. The Morgan fingerprint density at radius 3 is 2.56 bits per heavy atom. The molecule has 0 radical (unpaired) electrons. The van der Waals surface area contributed by atoms with Crippen LogP contribution >= 0.6 is 11.8 Å². The van der Waals surface area contributed by atoms with Crippen molar-refractivity contribution in [2.24, 2.45) is 0 Å². The Labute approximate surface area is 102 Å². The highest BCUT2D eigenvalue weighted by molar-refractivity contribution is 7.98. The fourth-order valence-electron chi connectivity index (χ4n) is 1.91. The third kappa shape index (κ3) is 3.51. The summed E-state index contributed by atoms with van der Waals surface area (Å²) in [5, 5.41) is 3.59. The number of rotatable bonds is 4. The van der Waals surface area contributed by atoms with Gasteiger partial charge in [-0.3, -0.25) is 0 Å². The van der Waals surface area contributed by atoms with Crippen molar-refractivity contribution in [1.29, 1.82) is 0 Å². The van der Waals surface area contributed by atoms with Crippen molar-refractivity contribution in [3.05, 3.63) is 29.8 Å². The Kier molecular flexibility index (Phi) is 4.69. The van der Waals surface area contributed by atoms with Crippen LogP contribution in [0.5, 0.6) is 0 Å². The molecule has 0 aromatic heterocycles. The fourth-order valence-corrected chi connectivity index (χ4v) is 2.32. The van der Waals surface area contributed by atoms with Crippen LogP contribution in [-0.2, 0) is 11.3 Å². The van der Waals surface area contributed by atoms with E-state index in [2.05, 4.69) is 35.8 Å². The Balaban J connectivity index is 1.79. The van der Waals surface area contributed by atoms with Crippen molar-refractivity contribution < 1.29 is 4.74 Å². The molecule has 2 rings (SSSR count). The Bertz CT molecular complexity index is 306. The van der Waals surface area contributed by atoms with Crippen LogP contribution < -0.4 is 5.32 Å². The molecule has 1 aromatic rings. The largest absolute Gasteiger partial charge is 0.381 e. The second-order valence-electron chi connectivity index (χ2n) is 4.12. The molecule has 0 amide bonds. The van der Waals surface area contributed by atoms with Crippen LogP contribution in [-0.4, -0.2) is 25.5 Å². The summed E-state index contributed by atoms with van der Waals surface area (Å²) in [4.78, 5) is 1.33. The van der Waals surface area contributed by atoms with Gasteiger partial charge in [-0.1, -0.05) is 12.1 Å². The summed E-state index contributed by atoms with van der Waals surface area (Å²) in [5.41, 5.74) is 1.37. The summed E-state index contributed by atoms with van der Waals surface area (Å²) in [6.45, 7) is 2.78. The van der Waals surface area contributed by atoms with E-state index >= 15 is 0 Å². The molecule has 2 nitrogen and oxygen atoms in total. The van der Waals surface area contributed by atoms with Gasteiger partial charge in [0, 0.05) is 30.7 Å². The molecule has 0 spiro atoms. The lowest BCUT2D eigenvalue weighted by Crippen LogP contribution is -2.34. The van der Waals surface area contributed by atoms with Gasteiger partial charge in [-0.2, -0.15) is 0 Å². The third-order valence-corrected chi connectivity index (χ3v) is 3.72. The first kappa shape index (κ1) is 12.0. The van der Waals surface area contributed by atoms with Crippen molar-refractivity contribution in [1.82, 2.24) is 5.32 Å². The second kappa shape index (κ2) is 6.28. The van der Waals surface area contributed by atoms with E-state index in [0.717, 1.165) is 32.6 Å². The van der Waals surface area contributed by atoms with Crippen LogP contribution in [0.15, 0.2) is 29.2 Å². The fraction of sp³-hybridized carbons (Fsp3) is 0.538. The van der Waals surface area contributed by atoms with Crippen LogP contribution in [0, 0.1) is 0 Å². The smallest absolute Gasteiger partial charge is 0.0480 e. The second-order valence-corrected chi connectivity index (χ2v) is 5.00. The van der Waals surface area contributed by atoms with E-state index in [0.29, 0.717) is 6.04 Å². The van der Waals surface area contributed by atoms with Crippen LogP contribution in [0.2, 0.25) is 0 Å². The van der Waals surface area contributed by atoms with Gasteiger partial charge in [-0.25, -0.2) is 0 Å². The predicted octanol–water partition coefficient (Wildman–Crippen LogP) is 2.68. The molecular formula is C13H19NOS. The molecular weight excluding hydrogens is 218 g/mol. The van der Waals surface area contributed by atoms with Crippen LogP contribution in [0.3, 0.4) is 0 Å². The van der Waals surface area contributed by atoms with E-state index in [9.17, 15) is 0 Å². The summed E-state index contributed by atoms with van der Waals surface area (Å²) < 4.78 is 5.34. The minimum absolute atomic E-state index is 0.633. The first-order valence-electron chi connectivity index (χ1n) is 5.82. The van der Waals surface area contributed by atoms with E-state index in [1.807, 2.05) is 0 Å². The van der Waals surface area contributed by atoms with Crippen molar-refractivity contribution in [2.45, 2.75) is 30.3 Å². The summed E-state index contributed by atoms with van der Waals surface area (Å²) in [5.74, 6) is 0. The molecule has 0 saturated carbocycles. The van der Waals surface area contributed by atoms with Crippen LogP contribution in [0.25, 0.3) is 0 Å². The standard InChI is InChI=1S/C13H19NOS/c1-16-13-4-2-11(3-5-13)10-14-12-6-8-15-9-7-12/h2-5,12,14H,6-10H2,1H3. The lowest BCUT2D eigenvalue weighted by Gasteiger charge is -2.23. The minimum Gasteiger partial charge on any atom is -0.381 e. The molecule has 0 unspecified atom stereocenters. The van der Waals surface area contributed by atoms with Crippen molar-refractivity contribution >= 4 is 11.8 Å². The van der Waals surface area contributed by atoms with Gasteiger partial charge in [-0.15, -0.1) is 11.8 Å². The first-order chi connectivity index (χ1) is 7.88. The van der Waals surface area contributed by atoms with E-state index in [-0.39, 0.29) is 0 Å². The quantitative estimate of drug-likeness (QED) is 0.814. The summed E-state index contributed by atoms with van der Waals surface area (Å²) >= 11 is 1.79. The highest BCUT2D eigenvalue weighted by atomic mass is 32.2. The molecule has 1 fully saturated rings. The number of hydrogen-bond donors (Lipinski definition) is 1. The maximum absolute atomic E-state index is 5.34. The molecule has 3 heteroatoms. The molecule has 16 heavy (non-hydrogen) atoms. The zero-order chi connectivity index (χ0) is 11.2. The van der Waals surface area contributed by atoms with Gasteiger partial charge in [0.15, 0.2) is 0 Å². The van der Waals surface area contributed by atoms with E-state index in [1.165, 1.54) is 10.5 Å². The highest BCUT2D eigenvalue weighted by Crippen LogP contribution is 2.15. The maximum Gasteiger partial charge on any atom is 0.0480 e. The van der Waals surface area contributed by atoms with Gasteiger partial charge >= 0.3 is 0 Å². The van der Waals surface area contributed by atoms with Crippen molar-refractivity contribution in [2.75, 3.05) is 19.5 Å². The number of thioether (sulfide) groups is 1. The molecule has 88 valence electrons. The lowest BCUT2D eigenvalue weighted by atomic mass is 10.1. The zero-order valence-corrected chi connectivity index (χ0v) is 10.6. The molecule has 1 N–H and O–H groups in total. The maximum atomic E-state index is 5.34. The molecule has 1 saturated heterocycles. The van der Waals surface area contributed by atoms with Gasteiger partial charge in [0.25, 0.3) is 0 Å². The summed E-state index contributed by atoms with van der Waals surface area (Å²) in [6.07, 6.45) is 4.39. The van der Waals surface area contributed by atoms with Gasteiger partial charge in [0.2, 0.25) is 0 Å². The van der Waals surface area contributed by atoms with Gasteiger partial charge in [0.05, 0.1) is 0 Å². The molecule has 1 heterocycles. The normalized spacial score (nSPS) is 17.6. The first-order valence-corrected chi connectivity index (χ1v) is 7.05. The highest BCUT2D eigenvalue weighted by Gasteiger charge is 2.12. The molecule has 0 aliphatic carbocycles. The van der Waals surface area contributed by atoms with Crippen molar-refractivity contribution in [3.63, 3.8) is 0 Å². The molecule has 1 aliphatic heterocycles. The molecule has 0 bridgehead atoms. The number of hydrogen-bond acceptors (Lipinski definition) is 3. The number of benzene rings is 1. The van der Waals surface area contributed by atoms with Crippen LogP contribution in [0.1, 0.15) is 18.4 Å². The Morgan fingerprint density at radius 2 is 1.94 bits per heavy atom. The monoisotopic (exact) mass is 237 g/mol. The van der Waals surface area contributed by atoms with E-state index in [1.54, 1.807) is 11.8 Å². The van der Waals surface area contributed by atoms with E-state index in [4.69, 9.17) is 4.74 Å². The average Bonchev–Trinajstić information content (AvgIpc) is 2.38. The number of nitrogens with one attached hydrogen (secondary N) is 1. The summed E-state index contributed by atoms with van der Waals surface area (Å²) in [7, 11) is 0. The minimum atomic E-state index is 0.633. The molecule has 0 atom stereocenters. The van der Waals surface area contributed by atoms with Crippen LogP contribution in [0.4, 0.5) is 0 Å². The van der Waals surface area contributed by atoms with E-state index < -0.39 is 0 Å². The molecule has 1 aliphatic rings. The molecule has 1 aromatic carbocycles. The van der Waals surface area contributed by atoms with Crippen molar-refractivity contribution in [3.8, 4) is 0 Å². The SMILES string of the molecule is CSc1ccc(CNC2CCOCC2)cc1. The lowest BCUT2D eigenvalue weighted by molar-refractivity contribution is 0.0776. The van der Waals surface area contributed by atoms with Gasteiger partial charge in [-0.05, 0) is 36.8 Å². The van der Waals surface area contributed by atoms with Gasteiger partial charge in [0.1, 0.15) is 0 Å².